The fraction of sp³-hybridized carbons (Fsp3) is 0.556. The normalized spacial score (nSPS) is 22.9. The van der Waals surface area contributed by atoms with Gasteiger partial charge in [-0.15, -0.1) is 23.5 Å². The van der Waals surface area contributed by atoms with E-state index in [9.17, 15) is 0 Å². The lowest BCUT2D eigenvalue weighted by atomic mass is 10.1. The van der Waals surface area contributed by atoms with Crippen LogP contribution in [0.4, 0.5) is 0 Å². The van der Waals surface area contributed by atoms with E-state index in [1.807, 2.05) is 13.8 Å². The summed E-state index contributed by atoms with van der Waals surface area (Å²) in [6.07, 6.45) is 2.18. The zero-order valence-corrected chi connectivity index (χ0v) is 23.2. The predicted octanol–water partition coefficient (Wildman–Crippen LogP) is 5.67. The molecule has 0 amide bonds. The second-order valence-corrected chi connectivity index (χ2v) is 17.6. The average Bonchev–Trinajstić information content (AvgIpc) is 3.17. The Morgan fingerprint density at radius 1 is 0.970 bits per heavy atom. The van der Waals surface area contributed by atoms with Crippen molar-refractivity contribution in [2.75, 3.05) is 18.1 Å². The Kier molecular flexibility index (Phi) is 8.03. The largest absolute Gasteiger partial charge is 0.402 e. The molecule has 0 N–H and O–H groups in total. The lowest BCUT2D eigenvalue weighted by Gasteiger charge is -2.46. The highest BCUT2D eigenvalue weighted by Gasteiger charge is 2.53. The summed E-state index contributed by atoms with van der Waals surface area (Å²) in [7, 11) is -2.66. The van der Waals surface area contributed by atoms with Crippen molar-refractivity contribution in [3.63, 3.8) is 0 Å². The van der Waals surface area contributed by atoms with Crippen LogP contribution in [0, 0.1) is 0 Å². The Bertz CT molecular complexity index is 840. The maximum Gasteiger partial charge on any atom is 0.261 e. The third-order valence-electron chi connectivity index (χ3n) is 6.51. The number of thioether (sulfide) groups is 2. The van der Waals surface area contributed by atoms with Crippen molar-refractivity contribution in [3.8, 4) is 0 Å². The first-order valence-corrected chi connectivity index (χ1v) is 16.1. The highest BCUT2D eigenvalue weighted by Crippen LogP contribution is 2.42. The third-order valence-corrected chi connectivity index (χ3v) is 14.6. The van der Waals surface area contributed by atoms with Gasteiger partial charge in [-0.25, -0.2) is 0 Å². The fourth-order valence-corrected chi connectivity index (χ4v) is 12.6. The molecule has 2 fully saturated rings. The first-order chi connectivity index (χ1) is 15.7. The summed E-state index contributed by atoms with van der Waals surface area (Å²) in [6.45, 7) is 11.6. The summed E-state index contributed by atoms with van der Waals surface area (Å²) in [5.41, 5.74) is 0. The van der Waals surface area contributed by atoms with Crippen molar-refractivity contribution in [1.29, 1.82) is 0 Å². The van der Waals surface area contributed by atoms with Crippen LogP contribution in [0.2, 0.25) is 5.04 Å². The molecule has 2 heterocycles. The minimum absolute atomic E-state index is 0.0267. The maximum atomic E-state index is 7.56. The number of rotatable bonds is 7. The van der Waals surface area contributed by atoms with Gasteiger partial charge in [0.15, 0.2) is 5.79 Å². The molecule has 2 aliphatic rings. The van der Waals surface area contributed by atoms with E-state index in [1.165, 1.54) is 28.3 Å². The molecular formula is C27H38O3S2Si. The topological polar surface area (TPSA) is 27.7 Å². The van der Waals surface area contributed by atoms with Crippen molar-refractivity contribution in [1.82, 2.24) is 0 Å². The minimum atomic E-state index is -2.66. The van der Waals surface area contributed by atoms with Crippen molar-refractivity contribution in [3.05, 3.63) is 60.7 Å². The fourth-order valence-electron chi connectivity index (χ4n) is 4.96. The van der Waals surface area contributed by atoms with E-state index in [4.69, 9.17) is 13.9 Å². The first kappa shape index (κ1) is 25.3. The van der Waals surface area contributed by atoms with Crippen LogP contribution in [0.1, 0.15) is 47.5 Å². The molecule has 2 aliphatic heterocycles. The SMILES string of the molecule is CC1(C)OC[C@@H]([C@@H](CC2SCCCS2)O[Si](c2ccccc2)(c2ccccc2)C(C)(C)C)O1. The van der Waals surface area contributed by atoms with Gasteiger partial charge >= 0.3 is 0 Å². The Balaban J connectivity index is 1.78. The second-order valence-electron chi connectivity index (χ2n) is 10.4. The smallest absolute Gasteiger partial charge is 0.261 e. The van der Waals surface area contributed by atoms with Gasteiger partial charge in [0.05, 0.1) is 17.3 Å². The Morgan fingerprint density at radius 3 is 1.97 bits per heavy atom. The highest BCUT2D eigenvalue weighted by molar-refractivity contribution is 8.17. The third kappa shape index (κ3) is 5.73. The van der Waals surface area contributed by atoms with Gasteiger partial charge < -0.3 is 13.9 Å². The van der Waals surface area contributed by atoms with Gasteiger partial charge in [0.1, 0.15) is 6.10 Å². The van der Waals surface area contributed by atoms with Gasteiger partial charge in [-0.2, -0.15) is 0 Å². The van der Waals surface area contributed by atoms with Crippen LogP contribution in [0.3, 0.4) is 0 Å². The Hall–Kier alpha value is -0.763. The van der Waals surface area contributed by atoms with Crippen LogP contribution in [0.5, 0.6) is 0 Å². The van der Waals surface area contributed by atoms with Crippen LogP contribution in [0.25, 0.3) is 0 Å². The minimum Gasteiger partial charge on any atom is -0.402 e. The number of ether oxygens (including phenoxy) is 2. The second kappa shape index (κ2) is 10.5. The van der Waals surface area contributed by atoms with E-state index in [-0.39, 0.29) is 17.2 Å². The van der Waals surface area contributed by atoms with Crippen LogP contribution in [-0.4, -0.2) is 49.0 Å². The Labute approximate surface area is 209 Å². The van der Waals surface area contributed by atoms with Crippen LogP contribution in [0.15, 0.2) is 60.7 Å². The van der Waals surface area contributed by atoms with Gasteiger partial charge in [-0.1, -0.05) is 81.4 Å². The predicted molar refractivity (Wildman–Crippen MR) is 145 cm³/mol. The maximum absolute atomic E-state index is 7.56. The molecule has 0 aliphatic carbocycles. The van der Waals surface area contributed by atoms with Crippen LogP contribution >= 0.6 is 23.5 Å². The van der Waals surface area contributed by atoms with E-state index in [0.717, 1.165) is 6.42 Å². The molecule has 0 aromatic heterocycles. The van der Waals surface area contributed by atoms with Gasteiger partial charge in [0.25, 0.3) is 8.32 Å². The molecule has 3 nitrogen and oxygen atoms in total. The van der Waals surface area contributed by atoms with E-state index in [0.29, 0.717) is 11.2 Å². The van der Waals surface area contributed by atoms with Crippen LogP contribution < -0.4 is 10.4 Å². The van der Waals surface area contributed by atoms with E-state index in [2.05, 4.69) is 105 Å². The summed E-state index contributed by atoms with van der Waals surface area (Å²) in [5, 5.41) is 2.57. The first-order valence-electron chi connectivity index (χ1n) is 12.1. The molecule has 0 spiro atoms. The zero-order valence-electron chi connectivity index (χ0n) is 20.6. The molecule has 180 valence electrons. The molecule has 0 bridgehead atoms. The highest BCUT2D eigenvalue weighted by atomic mass is 32.2. The van der Waals surface area contributed by atoms with Crippen molar-refractivity contribution < 1.29 is 13.9 Å². The monoisotopic (exact) mass is 502 g/mol. The summed E-state index contributed by atoms with van der Waals surface area (Å²) in [5.74, 6) is 1.90. The average molecular weight is 503 g/mol. The zero-order chi connectivity index (χ0) is 23.5. The van der Waals surface area contributed by atoms with Gasteiger partial charge in [-0.3, -0.25) is 0 Å². The Morgan fingerprint density at radius 2 is 1.52 bits per heavy atom. The van der Waals surface area contributed by atoms with Crippen molar-refractivity contribution >= 4 is 42.2 Å². The summed E-state index contributed by atoms with van der Waals surface area (Å²) in [4.78, 5) is 0. The van der Waals surface area contributed by atoms with Gasteiger partial charge in [-0.05, 0) is 53.6 Å². The summed E-state index contributed by atoms with van der Waals surface area (Å²) < 4.78 is 20.6. The molecule has 0 unspecified atom stereocenters. The van der Waals surface area contributed by atoms with Gasteiger partial charge in [0, 0.05) is 0 Å². The lowest BCUT2D eigenvalue weighted by Crippen LogP contribution is -2.68. The molecule has 2 aromatic carbocycles. The quantitative estimate of drug-likeness (QED) is 0.455. The number of benzene rings is 2. The standard InChI is InChI=1S/C27H38O3S2Si/c1-26(2,3)33(21-13-8-6-9-14-21,22-15-10-7-11-16-22)30-23(19-25-31-17-12-18-32-25)24-20-28-27(4,5)29-24/h6-11,13-16,23-25H,12,17-20H2,1-5H3/t23-,24+/m1/s1. The summed E-state index contributed by atoms with van der Waals surface area (Å²) >= 11 is 4.15. The molecule has 0 radical (unpaired) electrons. The van der Waals surface area contributed by atoms with E-state index >= 15 is 0 Å². The molecule has 4 rings (SSSR count). The summed E-state index contributed by atoms with van der Waals surface area (Å²) in [6, 6.07) is 21.8. The van der Waals surface area contributed by atoms with E-state index in [1.54, 1.807) is 0 Å². The lowest BCUT2D eigenvalue weighted by molar-refractivity contribution is -0.149. The van der Waals surface area contributed by atoms with Crippen LogP contribution in [-0.2, 0) is 13.9 Å². The van der Waals surface area contributed by atoms with Crippen molar-refractivity contribution in [2.24, 2.45) is 0 Å². The molecule has 33 heavy (non-hydrogen) atoms. The molecule has 2 saturated heterocycles. The number of hydrogen-bond donors (Lipinski definition) is 0. The molecule has 6 heteroatoms. The van der Waals surface area contributed by atoms with E-state index < -0.39 is 14.1 Å². The van der Waals surface area contributed by atoms with Crippen molar-refractivity contribution in [2.45, 2.75) is 75.1 Å². The van der Waals surface area contributed by atoms with Gasteiger partial charge in [0.2, 0.25) is 0 Å². The molecule has 2 atom stereocenters. The molecular weight excluding hydrogens is 465 g/mol. The molecule has 0 saturated carbocycles. The molecule has 2 aromatic rings. The number of hydrogen-bond acceptors (Lipinski definition) is 5.